The number of benzene rings is 1. The Hall–Kier alpha value is -2.58. The standard InChI is InChI=1S/C39H64N2O7Si2/c1-11-49(12-2,13-3)47-35(39(10)27-26-34(46-39)38(8,9)48-50(14-4,15-5)16-6)25-23-31(7)22-24-32-28-36(41(43)44)40(29-32)30-45-37(42)33-20-18-17-19-21-33/h17-22,28-29,34-35H,11-16,23-27,30H2,1-10H3/b31-22+/t34-,35+,39-/m0/s1. The highest BCUT2D eigenvalue weighted by Gasteiger charge is 2.51. The molecule has 0 unspecified atom stereocenters. The molecule has 1 aromatic heterocycles. The van der Waals surface area contributed by atoms with E-state index in [0.29, 0.717) is 12.0 Å². The van der Waals surface area contributed by atoms with Gasteiger partial charge >= 0.3 is 11.8 Å². The Balaban J connectivity index is 1.75. The summed E-state index contributed by atoms with van der Waals surface area (Å²) in [4.78, 5) is 23.8. The second kappa shape index (κ2) is 18.3. The Morgan fingerprint density at radius 1 is 1.06 bits per heavy atom. The lowest BCUT2D eigenvalue weighted by Gasteiger charge is -2.44. The van der Waals surface area contributed by atoms with Crippen LogP contribution in [0.25, 0.3) is 0 Å². The zero-order chi connectivity index (χ0) is 37.2. The molecule has 0 N–H and O–H groups in total. The molecule has 1 fully saturated rings. The van der Waals surface area contributed by atoms with Crippen LogP contribution in [0.4, 0.5) is 5.82 Å². The summed E-state index contributed by atoms with van der Waals surface area (Å²) in [5, 5.41) is 11.8. The van der Waals surface area contributed by atoms with E-state index >= 15 is 0 Å². The van der Waals surface area contributed by atoms with E-state index in [1.54, 1.807) is 36.5 Å². The van der Waals surface area contributed by atoms with Gasteiger partial charge < -0.3 is 28.4 Å². The topological polar surface area (TPSA) is 102 Å². The Morgan fingerprint density at radius 3 is 2.22 bits per heavy atom. The summed E-state index contributed by atoms with van der Waals surface area (Å²) < 4.78 is 28.1. The van der Waals surface area contributed by atoms with E-state index in [1.807, 2.05) is 6.07 Å². The number of nitro groups is 1. The second-order valence-electron chi connectivity index (χ2n) is 14.9. The molecule has 2 heterocycles. The molecule has 9 nitrogen and oxygen atoms in total. The molecule has 0 saturated carbocycles. The minimum absolute atomic E-state index is 0.0134. The van der Waals surface area contributed by atoms with E-state index in [4.69, 9.17) is 18.3 Å². The maximum absolute atomic E-state index is 12.4. The minimum Gasteiger partial charge on any atom is -0.421 e. The maximum Gasteiger partial charge on any atom is 0.341 e. The molecule has 0 spiro atoms. The van der Waals surface area contributed by atoms with Crippen molar-refractivity contribution in [1.82, 2.24) is 4.57 Å². The molecule has 1 aliphatic heterocycles. The zero-order valence-electron chi connectivity index (χ0n) is 32.5. The van der Waals surface area contributed by atoms with Crippen LogP contribution in [0.1, 0.15) is 111 Å². The van der Waals surface area contributed by atoms with Crippen molar-refractivity contribution in [3.8, 4) is 0 Å². The van der Waals surface area contributed by atoms with Crippen LogP contribution < -0.4 is 0 Å². The molecule has 50 heavy (non-hydrogen) atoms. The smallest absolute Gasteiger partial charge is 0.341 e. The Labute approximate surface area is 303 Å². The van der Waals surface area contributed by atoms with Gasteiger partial charge in [-0.05, 0) is 113 Å². The van der Waals surface area contributed by atoms with E-state index in [9.17, 15) is 14.9 Å². The fraction of sp³-hybridized carbons (Fsp3) is 0.667. The van der Waals surface area contributed by atoms with Gasteiger partial charge in [0.2, 0.25) is 6.73 Å². The maximum atomic E-state index is 12.4. The van der Waals surface area contributed by atoms with Crippen molar-refractivity contribution in [2.45, 2.75) is 168 Å². The lowest BCUT2D eigenvalue weighted by molar-refractivity contribution is -0.392. The number of aromatic nitrogens is 1. The van der Waals surface area contributed by atoms with Crippen molar-refractivity contribution in [3.63, 3.8) is 0 Å². The number of hydrogen-bond acceptors (Lipinski definition) is 7. The molecule has 0 radical (unpaired) electrons. The summed E-state index contributed by atoms with van der Waals surface area (Å²) in [6.07, 6.45) is 7.92. The van der Waals surface area contributed by atoms with Crippen molar-refractivity contribution in [2.75, 3.05) is 0 Å². The number of rotatable bonds is 21. The molecular weight excluding hydrogens is 665 g/mol. The van der Waals surface area contributed by atoms with Crippen molar-refractivity contribution in [2.24, 2.45) is 0 Å². The predicted octanol–water partition coefficient (Wildman–Crippen LogP) is 10.6. The van der Waals surface area contributed by atoms with Gasteiger partial charge in [-0.25, -0.2) is 4.79 Å². The van der Waals surface area contributed by atoms with Crippen molar-refractivity contribution in [3.05, 3.63) is 75.5 Å². The number of carbonyl (C=O) groups excluding carboxylic acids is 1. The van der Waals surface area contributed by atoms with Gasteiger partial charge in [0.1, 0.15) is 0 Å². The molecule has 280 valence electrons. The van der Waals surface area contributed by atoms with Gasteiger partial charge in [0.15, 0.2) is 16.6 Å². The van der Waals surface area contributed by atoms with Crippen LogP contribution in [0.5, 0.6) is 0 Å². The van der Waals surface area contributed by atoms with Gasteiger partial charge in [0, 0.05) is 11.6 Å². The molecule has 1 aromatic carbocycles. The number of esters is 1. The van der Waals surface area contributed by atoms with Crippen LogP contribution in [-0.2, 0) is 31.5 Å². The second-order valence-corrected chi connectivity index (χ2v) is 24.3. The van der Waals surface area contributed by atoms with Crippen LogP contribution in [0, 0.1) is 10.1 Å². The number of nitrogens with zero attached hydrogens (tertiary/aromatic N) is 2. The monoisotopic (exact) mass is 728 g/mol. The SMILES string of the molecule is CC[Si](CC)(CC)O[C@H](CC/C(C)=C/Cc1cc([N+](=O)[O-])n(COC(=O)c2ccccc2)c1)[C@]1(C)CC[C@@H](C(C)(C)O[Si](CC)(CC)CC)O1. The Morgan fingerprint density at radius 2 is 1.66 bits per heavy atom. The average Bonchev–Trinajstić information content (AvgIpc) is 3.74. The molecule has 1 saturated heterocycles. The third kappa shape index (κ3) is 10.5. The van der Waals surface area contributed by atoms with E-state index in [0.717, 1.165) is 67.5 Å². The summed E-state index contributed by atoms with van der Waals surface area (Å²) in [6.45, 7) is 22.3. The molecule has 0 amide bonds. The summed E-state index contributed by atoms with van der Waals surface area (Å²) in [6, 6.07) is 16.7. The zero-order valence-corrected chi connectivity index (χ0v) is 34.5. The third-order valence-electron chi connectivity index (χ3n) is 11.5. The Kier molecular flexibility index (Phi) is 15.3. The largest absolute Gasteiger partial charge is 0.421 e. The number of hydrogen-bond donors (Lipinski definition) is 0. The van der Waals surface area contributed by atoms with Crippen LogP contribution in [0.3, 0.4) is 0 Å². The van der Waals surface area contributed by atoms with Crippen molar-refractivity contribution >= 4 is 28.4 Å². The van der Waals surface area contributed by atoms with Crippen LogP contribution in [0.2, 0.25) is 36.3 Å². The van der Waals surface area contributed by atoms with Gasteiger partial charge in [0.25, 0.3) is 0 Å². The number of ether oxygens (including phenoxy) is 2. The van der Waals surface area contributed by atoms with Crippen molar-refractivity contribution in [1.29, 1.82) is 0 Å². The van der Waals surface area contributed by atoms with Crippen molar-refractivity contribution < 1.29 is 28.0 Å². The van der Waals surface area contributed by atoms with E-state index < -0.39 is 33.1 Å². The molecular formula is C39H64N2O7Si2. The van der Waals surface area contributed by atoms with Crippen LogP contribution in [0.15, 0.2) is 54.2 Å². The fourth-order valence-electron chi connectivity index (χ4n) is 7.43. The van der Waals surface area contributed by atoms with Crippen LogP contribution in [-0.4, -0.2) is 55.5 Å². The molecule has 2 aromatic rings. The first-order chi connectivity index (χ1) is 23.6. The number of allylic oxidation sites excluding steroid dienone is 2. The van der Waals surface area contributed by atoms with Crippen LogP contribution >= 0.6 is 0 Å². The summed E-state index contributed by atoms with van der Waals surface area (Å²) in [5.41, 5.74) is 1.62. The van der Waals surface area contributed by atoms with E-state index in [2.05, 4.69) is 75.3 Å². The summed E-state index contributed by atoms with van der Waals surface area (Å²) in [7, 11) is -3.76. The predicted molar refractivity (Wildman–Crippen MR) is 207 cm³/mol. The molecule has 0 aliphatic carbocycles. The number of carbonyl (C=O) groups is 1. The molecule has 0 bridgehead atoms. The van der Waals surface area contributed by atoms with E-state index in [1.165, 1.54) is 10.1 Å². The lowest BCUT2D eigenvalue weighted by atomic mass is 9.90. The molecule has 3 rings (SSSR count). The lowest BCUT2D eigenvalue weighted by Crippen LogP contribution is -2.53. The first kappa shape index (κ1) is 41.8. The van der Waals surface area contributed by atoms with Gasteiger partial charge in [-0.3, -0.25) is 0 Å². The summed E-state index contributed by atoms with van der Waals surface area (Å²) in [5.74, 6) is -0.631. The molecule has 1 aliphatic rings. The first-order valence-electron chi connectivity index (χ1n) is 18.9. The molecule has 3 atom stereocenters. The fourth-order valence-corrected chi connectivity index (χ4v) is 13.6. The molecule has 11 heteroatoms. The highest BCUT2D eigenvalue weighted by atomic mass is 28.4. The van der Waals surface area contributed by atoms with E-state index in [-0.39, 0.29) is 30.4 Å². The van der Waals surface area contributed by atoms with Gasteiger partial charge in [-0.2, -0.15) is 4.57 Å². The normalized spacial score (nSPS) is 19.5. The minimum atomic E-state index is -1.94. The Bertz CT molecular complexity index is 1400. The van der Waals surface area contributed by atoms with Gasteiger partial charge in [0.05, 0.1) is 35.2 Å². The average molecular weight is 729 g/mol. The van der Waals surface area contributed by atoms with Gasteiger partial charge in [-0.15, -0.1) is 0 Å². The van der Waals surface area contributed by atoms with Gasteiger partial charge in [-0.1, -0.05) is 71.4 Å². The highest BCUT2D eigenvalue weighted by Crippen LogP contribution is 2.44. The summed E-state index contributed by atoms with van der Waals surface area (Å²) >= 11 is 0. The first-order valence-corrected chi connectivity index (χ1v) is 24.0. The third-order valence-corrected chi connectivity index (χ3v) is 20.9. The quantitative estimate of drug-likeness (QED) is 0.0414. The highest BCUT2D eigenvalue weighted by molar-refractivity contribution is 6.74.